The molecule has 3 nitrogen and oxygen atoms in total. The van der Waals surface area contributed by atoms with Crippen LogP contribution < -0.4 is 0 Å². The van der Waals surface area contributed by atoms with Crippen LogP contribution in [0.1, 0.15) is 39.5 Å². The molecule has 0 aliphatic carbocycles. The van der Waals surface area contributed by atoms with Crippen LogP contribution in [0.3, 0.4) is 0 Å². The fraction of sp³-hybridized carbons (Fsp3) is 0.917. The SMILES string of the molecule is CCC(CC)CN1CCC(C(=O)O)CC1. The Morgan fingerprint density at radius 3 is 2.27 bits per heavy atom. The third kappa shape index (κ3) is 3.82. The normalized spacial score (nSPS) is 19.7. The quantitative estimate of drug-likeness (QED) is 0.761. The van der Waals surface area contributed by atoms with Crippen LogP contribution in [0.2, 0.25) is 0 Å². The van der Waals surface area contributed by atoms with Gasteiger partial charge in [0.2, 0.25) is 0 Å². The van der Waals surface area contributed by atoms with E-state index in [0.717, 1.165) is 38.4 Å². The van der Waals surface area contributed by atoms with Crippen LogP contribution >= 0.6 is 0 Å². The number of carboxylic acids is 1. The summed E-state index contributed by atoms with van der Waals surface area (Å²) in [6.45, 7) is 7.55. The first-order valence-corrected chi connectivity index (χ1v) is 6.12. The van der Waals surface area contributed by atoms with Crippen molar-refractivity contribution >= 4 is 5.97 Å². The highest BCUT2D eigenvalue weighted by molar-refractivity contribution is 5.70. The van der Waals surface area contributed by atoms with Gasteiger partial charge in [-0.15, -0.1) is 0 Å². The molecule has 0 saturated carbocycles. The van der Waals surface area contributed by atoms with Gasteiger partial charge >= 0.3 is 5.97 Å². The average Bonchev–Trinajstić information content (AvgIpc) is 2.26. The van der Waals surface area contributed by atoms with Crippen LogP contribution in [0.5, 0.6) is 0 Å². The molecule has 0 bridgehead atoms. The Bertz CT molecular complexity index is 194. The number of aliphatic carboxylic acids is 1. The summed E-state index contributed by atoms with van der Waals surface area (Å²) < 4.78 is 0. The van der Waals surface area contributed by atoms with Crippen LogP contribution in [-0.2, 0) is 4.79 Å². The average molecular weight is 213 g/mol. The van der Waals surface area contributed by atoms with E-state index in [2.05, 4.69) is 18.7 Å². The predicted octanol–water partition coefficient (Wildman–Crippen LogP) is 2.22. The molecule has 0 radical (unpaired) electrons. The van der Waals surface area contributed by atoms with E-state index in [1.807, 2.05) is 0 Å². The topological polar surface area (TPSA) is 40.5 Å². The van der Waals surface area contributed by atoms with Crippen molar-refractivity contribution in [2.75, 3.05) is 19.6 Å². The van der Waals surface area contributed by atoms with Gasteiger partial charge in [0.15, 0.2) is 0 Å². The van der Waals surface area contributed by atoms with E-state index in [4.69, 9.17) is 5.11 Å². The Kier molecular flexibility index (Phi) is 5.09. The number of carboxylic acid groups (broad SMARTS) is 1. The maximum absolute atomic E-state index is 10.8. The number of carbonyl (C=O) groups is 1. The van der Waals surface area contributed by atoms with E-state index in [1.165, 1.54) is 12.8 Å². The second kappa shape index (κ2) is 6.11. The summed E-state index contributed by atoms with van der Waals surface area (Å²) in [5.41, 5.74) is 0. The van der Waals surface area contributed by atoms with E-state index in [1.54, 1.807) is 0 Å². The molecular weight excluding hydrogens is 190 g/mol. The molecule has 0 unspecified atom stereocenters. The zero-order valence-corrected chi connectivity index (χ0v) is 9.91. The molecule has 1 rings (SSSR count). The van der Waals surface area contributed by atoms with E-state index in [-0.39, 0.29) is 5.92 Å². The minimum atomic E-state index is -0.614. The molecule has 0 aromatic rings. The van der Waals surface area contributed by atoms with Gasteiger partial charge in [-0.05, 0) is 31.8 Å². The summed E-state index contributed by atoms with van der Waals surface area (Å²) >= 11 is 0. The van der Waals surface area contributed by atoms with Gasteiger partial charge in [-0.25, -0.2) is 0 Å². The molecule has 1 saturated heterocycles. The molecule has 1 heterocycles. The summed E-state index contributed by atoms with van der Waals surface area (Å²) in [5.74, 6) is 0.0755. The Balaban J connectivity index is 2.28. The van der Waals surface area contributed by atoms with Crippen LogP contribution in [0.15, 0.2) is 0 Å². The molecule has 1 fully saturated rings. The van der Waals surface area contributed by atoms with Gasteiger partial charge in [0.25, 0.3) is 0 Å². The number of hydrogen-bond donors (Lipinski definition) is 1. The third-order valence-electron chi connectivity index (χ3n) is 3.61. The van der Waals surface area contributed by atoms with Crippen LogP contribution in [-0.4, -0.2) is 35.6 Å². The third-order valence-corrected chi connectivity index (χ3v) is 3.61. The Hall–Kier alpha value is -0.570. The molecule has 0 aromatic carbocycles. The molecular formula is C12H23NO2. The Morgan fingerprint density at radius 1 is 1.33 bits per heavy atom. The van der Waals surface area contributed by atoms with Crippen molar-refractivity contribution in [3.05, 3.63) is 0 Å². The highest BCUT2D eigenvalue weighted by Gasteiger charge is 2.24. The molecule has 0 aromatic heterocycles. The maximum atomic E-state index is 10.8. The zero-order chi connectivity index (χ0) is 11.3. The molecule has 1 N–H and O–H groups in total. The first kappa shape index (κ1) is 12.5. The summed E-state index contributed by atoms with van der Waals surface area (Å²) in [7, 11) is 0. The van der Waals surface area contributed by atoms with Crippen molar-refractivity contribution < 1.29 is 9.90 Å². The fourth-order valence-corrected chi connectivity index (χ4v) is 2.27. The maximum Gasteiger partial charge on any atom is 0.306 e. The monoisotopic (exact) mass is 213 g/mol. The Labute approximate surface area is 92.5 Å². The second-order valence-corrected chi connectivity index (χ2v) is 4.60. The second-order valence-electron chi connectivity index (χ2n) is 4.60. The van der Waals surface area contributed by atoms with Gasteiger partial charge in [-0.2, -0.15) is 0 Å². The number of piperidine rings is 1. The summed E-state index contributed by atoms with van der Waals surface area (Å²) in [6, 6.07) is 0. The minimum absolute atomic E-state index is 0.0945. The number of hydrogen-bond acceptors (Lipinski definition) is 2. The van der Waals surface area contributed by atoms with Crippen molar-refractivity contribution in [1.29, 1.82) is 0 Å². The fourth-order valence-electron chi connectivity index (χ4n) is 2.27. The van der Waals surface area contributed by atoms with Crippen molar-refractivity contribution in [3.8, 4) is 0 Å². The summed E-state index contributed by atoms with van der Waals surface area (Å²) in [5, 5.41) is 8.88. The number of rotatable bonds is 5. The predicted molar refractivity (Wildman–Crippen MR) is 60.9 cm³/mol. The van der Waals surface area contributed by atoms with Crippen LogP contribution in [0, 0.1) is 11.8 Å². The summed E-state index contributed by atoms with van der Waals surface area (Å²) in [6.07, 6.45) is 4.12. The highest BCUT2D eigenvalue weighted by atomic mass is 16.4. The summed E-state index contributed by atoms with van der Waals surface area (Å²) in [4.78, 5) is 13.2. The van der Waals surface area contributed by atoms with Crippen molar-refractivity contribution in [2.45, 2.75) is 39.5 Å². The van der Waals surface area contributed by atoms with E-state index < -0.39 is 5.97 Å². The minimum Gasteiger partial charge on any atom is -0.481 e. The number of likely N-dealkylation sites (tertiary alicyclic amines) is 1. The lowest BCUT2D eigenvalue weighted by Crippen LogP contribution is -2.38. The van der Waals surface area contributed by atoms with Crippen molar-refractivity contribution in [1.82, 2.24) is 4.90 Å². The van der Waals surface area contributed by atoms with Gasteiger partial charge in [0, 0.05) is 6.54 Å². The first-order valence-electron chi connectivity index (χ1n) is 6.12. The lowest BCUT2D eigenvalue weighted by Gasteiger charge is -2.32. The van der Waals surface area contributed by atoms with Gasteiger partial charge < -0.3 is 10.0 Å². The molecule has 1 aliphatic heterocycles. The molecule has 88 valence electrons. The van der Waals surface area contributed by atoms with Gasteiger partial charge in [0.1, 0.15) is 0 Å². The van der Waals surface area contributed by atoms with E-state index >= 15 is 0 Å². The molecule has 0 atom stereocenters. The van der Waals surface area contributed by atoms with E-state index in [9.17, 15) is 4.79 Å². The Morgan fingerprint density at radius 2 is 1.87 bits per heavy atom. The van der Waals surface area contributed by atoms with Crippen LogP contribution in [0.4, 0.5) is 0 Å². The first-order chi connectivity index (χ1) is 7.17. The van der Waals surface area contributed by atoms with Gasteiger partial charge in [-0.1, -0.05) is 26.7 Å². The smallest absolute Gasteiger partial charge is 0.306 e. The molecule has 0 amide bonds. The lowest BCUT2D eigenvalue weighted by atomic mass is 9.95. The molecule has 3 heteroatoms. The van der Waals surface area contributed by atoms with Crippen molar-refractivity contribution in [3.63, 3.8) is 0 Å². The number of nitrogens with zero attached hydrogens (tertiary/aromatic N) is 1. The van der Waals surface area contributed by atoms with Crippen LogP contribution in [0.25, 0.3) is 0 Å². The van der Waals surface area contributed by atoms with E-state index in [0.29, 0.717) is 0 Å². The van der Waals surface area contributed by atoms with Gasteiger partial charge in [-0.3, -0.25) is 4.79 Å². The largest absolute Gasteiger partial charge is 0.481 e. The van der Waals surface area contributed by atoms with Crippen molar-refractivity contribution in [2.24, 2.45) is 11.8 Å². The standard InChI is InChI=1S/C12H23NO2/c1-3-10(4-2)9-13-7-5-11(6-8-13)12(14)15/h10-11H,3-9H2,1-2H3,(H,14,15). The molecule has 15 heavy (non-hydrogen) atoms. The van der Waals surface area contributed by atoms with Gasteiger partial charge in [0.05, 0.1) is 5.92 Å². The molecule has 1 aliphatic rings. The lowest BCUT2D eigenvalue weighted by molar-refractivity contribution is -0.143. The molecule has 0 spiro atoms. The highest BCUT2D eigenvalue weighted by Crippen LogP contribution is 2.19. The zero-order valence-electron chi connectivity index (χ0n) is 9.91.